The van der Waals surface area contributed by atoms with Crippen LogP contribution in [0.5, 0.6) is 5.75 Å². The van der Waals surface area contributed by atoms with Crippen molar-refractivity contribution in [3.05, 3.63) is 64.2 Å². The fourth-order valence-electron chi connectivity index (χ4n) is 1.39. The zero-order chi connectivity index (χ0) is 13.0. The molecule has 2 rings (SSSR count). The van der Waals surface area contributed by atoms with Crippen molar-refractivity contribution in [1.29, 1.82) is 0 Å². The van der Waals surface area contributed by atoms with E-state index in [4.69, 9.17) is 4.74 Å². The number of hydrogen-bond acceptors (Lipinski definition) is 4. The van der Waals surface area contributed by atoms with E-state index >= 15 is 0 Å². The molecule has 0 aliphatic heterocycles. The highest BCUT2D eigenvalue weighted by atomic mass is 19.1. The number of ether oxygens (including phenoxy) is 1. The van der Waals surface area contributed by atoms with E-state index < -0.39 is 10.7 Å². The Labute approximate surface area is 102 Å². The maximum Gasteiger partial charge on any atom is 0.311 e. The highest BCUT2D eigenvalue weighted by Gasteiger charge is 2.15. The Morgan fingerprint density at radius 3 is 2.67 bits per heavy atom. The molecule has 2 aromatic rings. The van der Waals surface area contributed by atoms with Gasteiger partial charge in [0.05, 0.1) is 4.92 Å². The van der Waals surface area contributed by atoms with E-state index in [1.165, 1.54) is 0 Å². The average Bonchev–Trinajstić information content (AvgIpc) is 2.37. The summed E-state index contributed by atoms with van der Waals surface area (Å²) in [6.45, 7) is 0.118. The summed E-state index contributed by atoms with van der Waals surface area (Å²) in [6.07, 6.45) is 3.16. The number of rotatable bonds is 4. The number of hydrogen-bond donors (Lipinski definition) is 0. The van der Waals surface area contributed by atoms with Gasteiger partial charge in [-0.1, -0.05) is 0 Å². The molecule has 1 aromatic carbocycles. The molecule has 1 aromatic heterocycles. The molecule has 0 saturated carbocycles. The number of halogens is 1. The molecule has 0 radical (unpaired) electrons. The van der Waals surface area contributed by atoms with Crippen molar-refractivity contribution in [3.8, 4) is 5.75 Å². The standard InChI is InChI=1S/C12H9FN2O3/c13-10-1-2-11(15(16)17)12(7-10)18-8-9-3-5-14-6-4-9/h1-7H,8H2. The second-order valence-electron chi connectivity index (χ2n) is 3.51. The van der Waals surface area contributed by atoms with Crippen LogP contribution in [-0.4, -0.2) is 9.91 Å². The van der Waals surface area contributed by atoms with E-state index in [-0.39, 0.29) is 18.0 Å². The van der Waals surface area contributed by atoms with Crippen LogP contribution in [0.1, 0.15) is 5.56 Å². The first-order valence-corrected chi connectivity index (χ1v) is 5.12. The van der Waals surface area contributed by atoms with Gasteiger partial charge in [0.1, 0.15) is 12.4 Å². The third-order valence-electron chi connectivity index (χ3n) is 2.26. The molecule has 0 spiro atoms. The third kappa shape index (κ3) is 2.79. The van der Waals surface area contributed by atoms with Gasteiger partial charge in [0.25, 0.3) is 0 Å². The number of benzene rings is 1. The van der Waals surface area contributed by atoms with Crippen LogP contribution in [0.25, 0.3) is 0 Å². The third-order valence-corrected chi connectivity index (χ3v) is 2.26. The fraction of sp³-hybridized carbons (Fsp3) is 0.0833. The van der Waals surface area contributed by atoms with E-state index in [0.717, 1.165) is 23.8 Å². The van der Waals surface area contributed by atoms with Gasteiger partial charge >= 0.3 is 5.69 Å². The first-order chi connectivity index (χ1) is 8.66. The van der Waals surface area contributed by atoms with Crippen LogP contribution in [0.15, 0.2) is 42.7 Å². The van der Waals surface area contributed by atoms with Crippen LogP contribution in [0.3, 0.4) is 0 Å². The molecule has 0 saturated heterocycles. The highest BCUT2D eigenvalue weighted by molar-refractivity contribution is 5.46. The summed E-state index contributed by atoms with van der Waals surface area (Å²) in [7, 11) is 0. The van der Waals surface area contributed by atoms with Crippen molar-refractivity contribution in [3.63, 3.8) is 0 Å². The van der Waals surface area contributed by atoms with Crippen molar-refractivity contribution in [2.45, 2.75) is 6.61 Å². The molecule has 0 aliphatic rings. The van der Waals surface area contributed by atoms with E-state index in [1.807, 2.05) is 0 Å². The molecule has 0 bridgehead atoms. The van der Waals surface area contributed by atoms with E-state index in [9.17, 15) is 14.5 Å². The van der Waals surface area contributed by atoms with Crippen molar-refractivity contribution in [2.75, 3.05) is 0 Å². The molecule has 1 heterocycles. The van der Waals surface area contributed by atoms with Crippen molar-refractivity contribution in [1.82, 2.24) is 4.98 Å². The van der Waals surface area contributed by atoms with Crippen molar-refractivity contribution < 1.29 is 14.1 Å². The van der Waals surface area contributed by atoms with Gasteiger partial charge in [0.2, 0.25) is 0 Å². The minimum absolute atomic E-state index is 0.0863. The molecule has 0 atom stereocenters. The molecular weight excluding hydrogens is 239 g/mol. The van der Waals surface area contributed by atoms with Crippen LogP contribution in [0, 0.1) is 15.9 Å². The lowest BCUT2D eigenvalue weighted by atomic mass is 10.2. The normalized spacial score (nSPS) is 10.1. The lowest BCUT2D eigenvalue weighted by Crippen LogP contribution is -1.99. The second kappa shape index (κ2) is 5.22. The summed E-state index contributed by atoms with van der Waals surface area (Å²) < 4.78 is 18.3. The van der Waals surface area contributed by atoms with Gasteiger partial charge in [-0.25, -0.2) is 4.39 Å². The topological polar surface area (TPSA) is 65.3 Å². The predicted molar refractivity (Wildman–Crippen MR) is 61.6 cm³/mol. The van der Waals surface area contributed by atoms with Crippen LogP contribution in [0.4, 0.5) is 10.1 Å². The van der Waals surface area contributed by atoms with E-state index in [0.29, 0.717) is 0 Å². The molecule has 92 valence electrons. The van der Waals surface area contributed by atoms with Gasteiger partial charge in [-0.15, -0.1) is 0 Å². The highest BCUT2D eigenvalue weighted by Crippen LogP contribution is 2.28. The van der Waals surface area contributed by atoms with E-state index in [1.54, 1.807) is 24.5 Å². The number of nitro groups is 1. The monoisotopic (exact) mass is 248 g/mol. The molecule has 0 N–H and O–H groups in total. The van der Waals surface area contributed by atoms with Crippen LogP contribution in [-0.2, 0) is 6.61 Å². The Bertz CT molecular complexity index is 561. The molecular formula is C12H9FN2O3. The van der Waals surface area contributed by atoms with Crippen LogP contribution < -0.4 is 4.74 Å². The predicted octanol–water partition coefficient (Wildman–Crippen LogP) is 2.71. The minimum Gasteiger partial charge on any atom is -0.482 e. The zero-order valence-corrected chi connectivity index (χ0v) is 9.25. The zero-order valence-electron chi connectivity index (χ0n) is 9.25. The number of nitro benzene ring substituents is 1. The Morgan fingerprint density at radius 2 is 2.00 bits per heavy atom. The van der Waals surface area contributed by atoms with Crippen LogP contribution >= 0.6 is 0 Å². The summed E-state index contributed by atoms with van der Waals surface area (Å²) >= 11 is 0. The number of nitrogens with zero attached hydrogens (tertiary/aromatic N) is 2. The van der Waals surface area contributed by atoms with Gasteiger partial charge < -0.3 is 4.74 Å². The molecule has 0 amide bonds. The minimum atomic E-state index is -0.610. The van der Waals surface area contributed by atoms with E-state index in [2.05, 4.69) is 4.98 Å². The Morgan fingerprint density at radius 1 is 1.28 bits per heavy atom. The van der Waals surface area contributed by atoms with Crippen molar-refractivity contribution >= 4 is 5.69 Å². The van der Waals surface area contributed by atoms with Crippen molar-refractivity contribution in [2.24, 2.45) is 0 Å². The summed E-state index contributed by atoms with van der Waals surface area (Å²) in [5.74, 6) is -0.665. The molecule has 0 unspecified atom stereocenters. The van der Waals surface area contributed by atoms with Crippen LogP contribution in [0.2, 0.25) is 0 Å². The summed E-state index contributed by atoms with van der Waals surface area (Å²) in [5.41, 5.74) is 0.536. The Balaban J connectivity index is 2.18. The largest absolute Gasteiger partial charge is 0.482 e. The SMILES string of the molecule is O=[N+]([O-])c1ccc(F)cc1OCc1ccncc1. The summed E-state index contributed by atoms with van der Waals surface area (Å²) in [5, 5.41) is 10.7. The van der Waals surface area contributed by atoms with Gasteiger partial charge in [-0.2, -0.15) is 0 Å². The Hall–Kier alpha value is -2.50. The molecule has 6 heteroatoms. The number of pyridine rings is 1. The summed E-state index contributed by atoms with van der Waals surface area (Å²) in [6, 6.07) is 6.53. The lowest BCUT2D eigenvalue weighted by Gasteiger charge is -2.06. The lowest BCUT2D eigenvalue weighted by molar-refractivity contribution is -0.386. The smallest absolute Gasteiger partial charge is 0.311 e. The number of aromatic nitrogens is 1. The molecule has 0 fully saturated rings. The Kier molecular flexibility index (Phi) is 3.47. The quantitative estimate of drug-likeness (QED) is 0.616. The molecule has 5 nitrogen and oxygen atoms in total. The fourth-order valence-corrected chi connectivity index (χ4v) is 1.39. The van der Waals surface area contributed by atoms with Gasteiger partial charge in [0.15, 0.2) is 5.75 Å². The first kappa shape index (κ1) is 12.0. The maximum absolute atomic E-state index is 13.0. The second-order valence-corrected chi connectivity index (χ2v) is 3.51. The average molecular weight is 248 g/mol. The molecule has 0 aliphatic carbocycles. The first-order valence-electron chi connectivity index (χ1n) is 5.12. The van der Waals surface area contributed by atoms with Gasteiger partial charge in [-0.3, -0.25) is 15.1 Å². The summed E-state index contributed by atoms with van der Waals surface area (Å²) in [4.78, 5) is 14.0. The van der Waals surface area contributed by atoms with Gasteiger partial charge in [0, 0.05) is 24.5 Å². The molecule has 18 heavy (non-hydrogen) atoms. The van der Waals surface area contributed by atoms with Gasteiger partial charge in [-0.05, 0) is 23.8 Å². The maximum atomic E-state index is 13.0.